The molecule has 1 atom stereocenters. The number of carbonyl (C=O) groups is 1. The standard InChI is InChI=1S/C19H25N3O3/c1-14(2)9-12-25-17-7-5-16(6-8-17)15(3)21-18(23)13-22-11-4-10-20-19(22)24/h4-8,10-11,14-15H,9,12-13H2,1-3H3,(H,21,23)/t15-/m0/s1. The molecule has 1 aromatic carbocycles. The molecule has 25 heavy (non-hydrogen) atoms. The first-order valence-electron chi connectivity index (χ1n) is 8.49. The lowest BCUT2D eigenvalue weighted by Gasteiger charge is -2.15. The molecule has 0 spiro atoms. The van der Waals surface area contributed by atoms with Gasteiger partial charge in [-0.2, -0.15) is 0 Å². The highest BCUT2D eigenvalue weighted by Crippen LogP contribution is 2.18. The fraction of sp³-hybridized carbons (Fsp3) is 0.421. The monoisotopic (exact) mass is 343 g/mol. The highest BCUT2D eigenvalue weighted by atomic mass is 16.5. The van der Waals surface area contributed by atoms with Crippen molar-refractivity contribution in [3.63, 3.8) is 0 Å². The molecule has 0 unspecified atom stereocenters. The zero-order valence-corrected chi connectivity index (χ0v) is 14.9. The summed E-state index contributed by atoms with van der Waals surface area (Å²) in [5.41, 5.74) is 0.538. The number of benzene rings is 1. The minimum absolute atomic E-state index is 0.0482. The lowest BCUT2D eigenvalue weighted by atomic mass is 10.1. The number of nitrogens with one attached hydrogen (secondary N) is 1. The van der Waals surface area contributed by atoms with Crippen LogP contribution in [0.15, 0.2) is 47.5 Å². The molecule has 0 aliphatic carbocycles. The predicted molar refractivity (Wildman–Crippen MR) is 96.4 cm³/mol. The van der Waals surface area contributed by atoms with E-state index in [0.29, 0.717) is 12.5 Å². The van der Waals surface area contributed by atoms with Gasteiger partial charge in [0.2, 0.25) is 5.91 Å². The fourth-order valence-electron chi connectivity index (χ4n) is 2.30. The third-order valence-electron chi connectivity index (χ3n) is 3.82. The first-order chi connectivity index (χ1) is 12.0. The average molecular weight is 343 g/mol. The summed E-state index contributed by atoms with van der Waals surface area (Å²) in [6, 6.07) is 9.14. The molecule has 6 heteroatoms. The zero-order valence-electron chi connectivity index (χ0n) is 14.9. The van der Waals surface area contributed by atoms with Crippen molar-refractivity contribution in [3.8, 4) is 5.75 Å². The van der Waals surface area contributed by atoms with Crippen LogP contribution >= 0.6 is 0 Å². The first-order valence-corrected chi connectivity index (χ1v) is 8.49. The molecule has 0 aliphatic rings. The third-order valence-corrected chi connectivity index (χ3v) is 3.82. The third kappa shape index (κ3) is 6.06. The van der Waals surface area contributed by atoms with E-state index < -0.39 is 5.69 Å². The van der Waals surface area contributed by atoms with Crippen molar-refractivity contribution < 1.29 is 9.53 Å². The number of aromatic nitrogens is 2. The Balaban J connectivity index is 1.87. The molecule has 1 amide bonds. The Morgan fingerprint density at radius 1 is 1.24 bits per heavy atom. The predicted octanol–water partition coefficient (Wildman–Crippen LogP) is 2.55. The summed E-state index contributed by atoms with van der Waals surface area (Å²) in [4.78, 5) is 27.3. The Bertz CT molecular complexity index is 738. The molecule has 2 rings (SSSR count). The average Bonchev–Trinajstić information content (AvgIpc) is 2.57. The number of amides is 1. The van der Waals surface area contributed by atoms with Gasteiger partial charge in [-0.05, 0) is 43.0 Å². The van der Waals surface area contributed by atoms with Gasteiger partial charge in [-0.25, -0.2) is 9.78 Å². The van der Waals surface area contributed by atoms with Crippen LogP contribution in [-0.4, -0.2) is 22.1 Å². The zero-order chi connectivity index (χ0) is 18.2. The molecule has 2 aromatic rings. The smallest absolute Gasteiger partial charge is 0.347 e. The van der Waals surface area contributed by atoms with E-state index in [1.807, 2.05) is 31.2 Å². The van der Waals surface area contributed by atoms with E-state index in [-0.39, 0.29) is 18.5 Å². The van der Waals surface area contributed by atoms with Gasteiger partial charge in [-0.3, -0.25) is 9.36 Å². The SMILES string of the molecule is CC(C)CCOc1ccc([C@H](C)NC(=O)Cn2cccnc2=O)cc1. The Morgan fingerprint density at radius 2 is 1.96 bits per heavy atom. The Labute approximate surface area is 147 Å². The van der Waals surface area contributed by atoms with Crippen molar-refractivity contribution in [2.75, 3.05) is 6.61 Å². The van der Waals surface area contributed by atoms with Gasteiger partial charge in [0.05, 0.1) is 12.6 Å². The molecular formula is C19H25N3O3. The normalized spacial score (nSPS) is 12.0. The molecule has 0 saturated carbocycles. The number of hydrogen-bond acceptors (Lipinski definition) is 4. The minimum atomic E-state index is -0.437. The van der Waals surface area contributed by atoms with Crippen LogP contribution in [0, 0.1) is 5.92 Å². The number of carbonyl (C=O) groups excluding carboxylic acids is 1. The topological polar surface area (TPSA) is 73.2 Å². The van der Waals surface area contributed by atoms with Gasteiger partial charge in [0.15, 0.2) is 0 Å². The second-order valence-electron chi connectivity index (χ2n) is 6.42. The quantitative estimate of drug-likeness (QED) is 0.799. The van der Waals surface area contributed by atoms with Gasteiger partial charge >= 0.3 is 5.69 Å². The Morgan fingerprint density at radius 3 is 2.60 bits per heavy atom. The van der Waals surface area contributed by atoms with Gasteiger partial charge < -0.3 is 10.1 Å². The summed E-state index contributed by atoms with van der Waals surface area (Å²) in [5, 5.41) is 2.88. The summed E-state index contributed by atoms with van der Waals surface area (Å²) < 4.78 is 6.96. The van der Waals surface area contributed by atoms with E-state index in [2.05, 4.69) is 24.1 Å². The highest BCUT2D eigenvalue weighted by Gasteiger charge is 2.11. The van der Waals surface area contributed by atoms with Gasteiger partial charge in [-0.1, -0.05) is 26.0 Å². The van der Waals surface area contributed by atoms with Crippen molar-refractivity contribution >= 4 is 5.91 Å². The molecule has 1 aromatic heterocycles. The second kappa shape index (κ2) is 9.01. The molecule has 0 bridgehead atoms. The fourth-order valence-corrected chi connectivity index (χ4v) is 2.30. The lowest BCUT2D eigenvalue weighted by molar-refractivity contribution is -0.122. The van der Waals surface area contributed by atoms with E-state index in [1.54, 1.807) is 12.3 Å². The maximum atomic E-state index is 12.1. The summed E-state index contributed by atoms with van der Waals surface area (Å²) in [7, 11) is 0. The van der Waals surface area contributed by atoms with Crippen LogP contribution in [0.25, 0.3) is 0 Å². The molecule has 0 aliphatic heterocycles. The van der Waals surface area contributed by atoms with Crippen molar-refractivity contribution in [2.45, 2.75) is 39.8 Å². The molecule has 6 nitrogen and oxygen atoms in total. The molecule has 134 valence electrons. The van der Waals surface area contributed by atoms with E-state index in [9.17, 15) is 9.59 Å². The maximum Gasteiger partial charge on any atom is 0.347 e. The van der Waals surface area contributed by atoms with Crippen molar-refractivity contribution in [3.05, 3.63) is 58.8 Å². The van der Waals surface area contributed by atoms with Crippen molar-refractivity contribution in [2.24, 2.45) is 5.92 Å². The van der Waals surface area contributed by atoms with Crippen LogP contribution in [0.3, 0.4) is 0 Å². The number of hydrogen-bond donors (Lipinski definition) is 1. The molecule has 1 heterocycles. The Hall–Kier alpha value is -2.63. The highest BCUT2D eigenvalue weighted by molar-refractivity contribution is 5.76. The lowest BCUT2D eigenvalue weighted by Crippen LogP contribution is -2.34. The van der Waals surface area contributed by atoms with E-state index in [1.165, 1.54) is 10.8 Å². The van der Waals surface area contributed by atoms with Gasteiger partial charge in [0.25, 0.3) is 0 Å². The molecule has 1 N–H and O–H groups in total. The molecule has 0 radical (unpaired) electrons. The van der Waals surface area contributed by atoms with E-state index >= 15 is 0 Å². The van der Waals surface area contributed by atoms with Crippen molar-refractivity contribution in [1.82, 2.24) is 14.9 Å². The van der Waals surface area contributed by atoms with Crippen LogP contribution in [0.5, 0.6) is 5.75 Å². The summed E-state index contributed by atoms with van der Waals surface area (Å²) in [6.45, 7) is 6.88. The Kier molecular flexibility index (Phi) is 6.74. The van der Waals surface area contributed by atoms with Crippen LogP contribution in [0.1, 0.15) is 38.8 Å². The van der Waals surface area contributed by atoms with E-state index in [0.717, 1.165) is 17.7 Å². The summed E-state index contributed by atoms with van der Waals surface area (Å²) >= 11 is 0. The largest absolute Gasteiger partial charge is 0.494 e. The van der Waals surface area contributed by atoms with Crippen LogP contribution in [-0.2, 0) is 11.3 Å². The first kappa shape index (κ1) is 18.7. The van der Waals surface area contributed by atoms with Crippen LogP contribution in [0.2, 0.25) is 0 Å². The molecular weight excluding hydrogens is 318 g/mol. The molecule has 0 fully saturated rings. The van der Waals surface area contributed by atoms with Crippen LogP contribution in [0.4, 0.5) is 0 Å². The van der Waals surface area contributed by atoms with Gasteiger partial charge in [-0.15, -0.1) is 0 Å². The number of rotatable bonds is 8. The second-order valence-corrected chi connectivity index (χ2v) is 6.42. The number of nitrogens with zero attached hydrogens (tertiary/aromatic N) is 2. The van der Waals surface area contributed by atoms with Gasteiger partial charge in [0, 0.05) is 12.4 Å². The van der Waals surface area contributed by atoms with Crippen LogP contribution < -0.4 is 15.7 Å². The van der Waals surface area contributed by atoms with Gasteiger partial charge in [0.1, 0.15) is 12.3 Å². The summed E-state index contributed by atoms with van der Waals surface area (Å²) in [6.07, 6.45) is 3.97. The summed E-state index contributed by atoms with van der Waals surface area (Å²) in [5.74, 6) is 1.20. The number of ether oxygens (including phenoxy) is 1. The van der Waals surface area contributed by atoms with Crippen molar-refractivity contribution in [1.29, 1.82) is 0 Å². The molecule has 0 saturated heterocycles. The minimum Gasteiger partial charge on any atom is -0.494 e. The maximum absolute atomic E-state index is 12.1. The van der Waals surface area contributed by atoms with E-state index in [4.69, 9.17) is 4.74 Å².